The normalized spacial score (nSPS) is 23.9. The second-order valence-electron chi connectivity index (χ2n) is 4.55. The standard InChI is InChI=1S/C13H18O2/c1-10-4-5-12(14-3)11(8-10)6-7-13(2)9-15-13/h4-5,8H,6-7,9H2,1-3H3. The summed E-state index contributed by atoms with van der Waals surface area (Å²) in [4.78, 5) is 0. The van der Waals surface area contributed by atoms with Crippen LogP contribution in [0.15, 0.2) is 18.2 Å². The maximum absolute atomic E-state index is 5.38. The van der Waals surface area contributed by atoms with Crippen molar-refractivity contribution in [3.05, 3.63) is 29.3 Å². The van der Waals surface area contributed by atoms with Crippen LogP contribution in [0.5, 0.6) is 5.75 Å². The van der Waals surface area contributed by atoms with Crippen LogP contribution in [0.4, 0.5) is 0 Å². The molecular weight excluding hydrogens is 188 g/mol. The number of aryl methyl sites for hydroxylation is 2. The zero-order valence-corrected chi connectivity index (χ0v) is 9.67. The highest BCUT2D eigenvalue weighted by molar-refractivity contribution is 5.37. The zero-order valence-electron chi connectivity index (χ0n) is 9.67. The van der Waals surface area contributed by atoms with Gasteiger partial charge in [0.1, 0.15) is 5.75 Å². The van der Waals surface area contributed by atoms with Crippen molar-refractivity contribution < 1.29 is 9.47 Å². The lowest BCUT2D eigenvalue weighted by atomic mass is 10.00. The Morgan fingerprint density at radius 1 is 1.47 bits per heavy atom. The molecule has 1 aliphatic rings. The number of epoxide rings is 1. The lowest BCUT2D eigenvalue weighted by molar-refractivity contribution is 0.308. The van der Waals surface area contributed by atoms with Crippen LogP contribution in [-0.4, -0.2) is 19.3 Å². The Labute approximate surface area is 91.2 Å². The summed E-state index contributed by atoms with van der Waals surface area (Å²) < 4.78 is 10.7. The molecule has 0 aliphatic carbocycles. The van der Waals surface area contributed by atoms with Crippen molar-refractivity contribution in [2.45, 2.75) is 32.3 Å². The van der Waals surface area contributed by atoms with Crippen LogP contribution in [0.2, 0.25) is 0 Å². The van der Waals surface area contributed by atoms with Crippen LogP contribution in [0.1, 0.15) is 24.5 Å². The van der Waals surface area contributed by atoms with E-state index < -0.39 is 0 Å². The SMILES string of the molecule is COc1ccc(C)cc1CCC1(C)CO1. The van der Waals surface area contributed by atoms with E-state index >= 15 is 0 Å². The molecule has 2 nitrogen and oxygen atoms in total. The molecule has 1 heterocycles. The lowest BCUT2D eigenvalue weighted by Gasteiger charge is -2.10. The number of benzene rings is 1. The summed E-state index contributed by atoms with van der Waals surface area (Å²) in [5.74, 6) is 0.991. The summed E-state index contributed by atoms with van der Waals surface area (Å²) in [6, 6.07) is 6.32. The average Bonchev–Trinajstić information content (AvgIpc) is 2.95. The van der Waals surface area contributed by atoms with Gasteiger partial charge < -0.3 is 9.47 Å². The highest BCUT2D eigenvalue weighted by atomic mass is 16.6. The van der Waals surface area contributed by atoms with Gasteiger partial charge >= 0.3 is 0 Å². The first-order valence-corrected chi connectivity index (χ1v) is 5.40. The third-order valence-electron chi connectivity index (χ3n) is 3.00. The highest BCUT2D eigenvalue weighted by Crippen LogP contribution is 2.33. The van der Waals surface area contributed by atoms with Crippen molar-refractivity contribution in [2.75, 3.05) is 13.7 Å². The van der Waals surface area contributed by atoms with Crippen molar-refractivity contribution in [1.29, 1.82) is 0 Å². The molecule has 0 radical (unpaired) electrons. The summed E-state index contributed by atoms with van der Waals surface area (Å²) in [6.07, 6.45) is 2.11. The average molecular weight is 206 g/mol. The predicted molar refractivity (Wildman–Crippen MR) is 60.4 cm³/mol. The first kappa shape index (κ1) is 10.5. The molecule has 2 heteroatoms. The molecular formula is C13H18O2. The van der Waals surface area contributed by atoms with Gasteiger partial charge in [0.2, 0.25) is 0 Å². The van der Waals surface area contributed by atoms with Gasteiger partial charge in [-0.3, -0.25) is 0 Å². The number of rotatable bonds is 4. The van der Waals surface area contributed by atoms with Gasteiger partial charge in [-0.05, 0) is 38.3 Å². The molecule has 82 valence electrons. The van der Waals surface area contributed by atoms with E-state index in [-0.39, 0.29) is 5.60 Å². The van der Waals surface area contributed by atoms with E-state index in [0.29, 0.717) is 0 Å². The summed E-state index contributed by atoms with van der Waals surface area (Å²) in [5.41, 5.74) is 2.70. The van der Waals surface area contributed by atoms with Crippen LogP contribution in [0.25, 0.3) is 0 Å². The predicted octanol–water partition coefficient (Wildman–Crippen LogP) is 2.73. The maximum atomic E-state index is 5.38. The first-order chi connectivity index (χ1) is 7.13. The molecule has 0 amide bonds. The molecule has 15 heavy (non-hydrogen) atoms. The topological polar surface area (TPSA) is 21.8 Å². The maximum Gasteiger partial charge on any atom is 0.122 e. The van der Waals surface area contributed by atoms with Crippen molar-refractivity contribution in [3.8, 4) is 5.75 Å². The Kier molecular flexibility index (Phi) is 2.70. The molecule has 1 aromatic carbocycles. The van der Waals surface area contributed by atoms with Gasteiger partial charge in [0, 0.05) is 0 Å². The van der Waals surface area contributed by atoms with Crippen molar-refractivity contribution in [1.82, 2.24) is 0 Å². The Balaban J connectivity index is 2.08. The third-order valence-corrected chi connectivity index (χ3v) is 3.00. The molecule has 1 aromatic rings. The third kappa shape index (κ3) is 2.51. The van der Waals surface area contributed by atoms with E-state index in [2.05, 4.69) is 26.0 Å². The number of hydrogen-bond donors (Lipinski definition) is 0. The van der Waals surface area contributed by atoms with Gasteiger partial charge in [0.15, 0.2) is 0 Å². The van der Waals surface area contributed by atoms with Gasteiger partial charge in [0.25, 0.3) is 0 Å². The van der Waals surface area contributed by atoms with E-state index in [0.717, 1.165) is 25.2 Å². The van der Waals surface area contributed by atoms with Gasteiger partial charge in [-0.2, -0.15) is 0 Å². The van der Waals surface area contributed by atoms with Gasteiger partial charge in [0.05, 0.1) is 19.3 Å². The van der Waals surface area contributed by atoms with Crippen LogP contribution < -0.4 is 4.74 Å². The molecule has 1 fully saturated rings. The van der Waals surface area contributed by atoms with Crippen LogP contribution in [-0.2, 0) is 11.2 Å². The summed E-state index contributed by atoms with van der Waals surface area (Å²) >= 11 is 0. The van der Waals surface area contributed by atoms with Gasteiger partial charge in [-0.15, -0.1) is 0 Å². The fraction of sp³-hybridized carbons (Fsp3) is 0.538. The number of methoxy groups -OCH3 is 1. The molecule has 0 spiro atoms. The van der Waals surface area contributed by atoms with Crippen molar-refractivity contribution >= 4 is 0 Å². The number of hydrogen-bond acceptors (Lipinski definition) is 2. The van der Waals surface area contributed by atoms with Crippen LogP contribution in [0.3, 0.4) is 0 Å². The molecule has 0 saturated carbocycles. The summed E-state index contributed by atoms with van der Waals surface area (Å²) in [5, 5.41) is 0. The Morgan fingerprint density at radius 2 is 2.20 bits per heavy atom. The molecule has 0 aromatic heterocycles. The fourth-order valence-corrected chi connectivity index (χ4v) is 1.77. The molecule has 1 aliphatic heterocycles. The van der Waals surface area contributed by atoms with E-state index in [1.54, 1.807) is 7.11 Å². The zero-order chi connectivity index (χ0) is 10.9. The minimum Gasteiger partial charge on any atom is -0.496 e. The van der Waals surface area contributed by atoms with Crippen LogP contribution >= 0.6 is 0 Å². The van der Waals surface area contributed by atoms with Crippen molar-refractivity contribution in [3.63, 3.8) is 0 Å². The minimum atomic E-state index is 0.134. The number of ether oxygens (including phenoxy) is 2. The minimum absolute atomic E-state index is 0.134. The van der Waals surface area contributed by atoms with Gasteiger partial charge in [-0.25, -0.2) is 0 Å². The van der Waals surface area contributed by atoms with E-state index in [4.69, 9.17) is 9.47 Å². The lowest BCUT2D eigenvalue weighted by Crippen LogP contribution is -2.06. The van der Waals surface area contributed by atoms with E-state index in [1.165, 1.54) is 11.1 Å². The van der Waals surface area contributed by atoms with E-state index in [1.807, 2.05) is 6.07 Å². The second-order valence-corrected chi connectivity index (χ2v) is 4.55. The Bertz CT molecular complexity index is 354. The van der Waals surface area contributed by atoms with Crippen LogP contribution in [0, 0.1) is 6.92 Å². The largest absolute Gasteiger partial charge is 0.496 e. The molecule has 1 saturated heterocycles. The second kappa shape index (κ2) is 3.86. The first-order valence-electron chi connectivity index (χ1n) is 5.40. The molecule has 0 bridgehead atoms. The fourth-order valence-electron chi connectivity index (χ4n) is 1.77. The molecule has 1 atom stereocenters. The van der Waals surface area contributed by atoms with E-state index in [9.17, 15) is 0 Å². The highest BCUT2D eigenvalue weighted by Gasteiger charge is 2.38. The molecule has 0 N–H and O–H groups in total. The molecule has 2 rings (SSSR count). The van der Waals surface area contributed by atoms with Gasteiger partial charge in [-0.1, -0.05) is 17.7 Å². The Morgan fingerprint density at radius 3 is 2.80 bits per heavy atom. The Hall–Kier alpha value is -1.02. The smallest absolute Gasteiger partial charge is 0.122 e. The quantitative estimate of drug-likeness (QED) is 0.706. The summed E-state index contributed by atoms with van der Waals surface area (Å²) in [6.45, 7) is 5.18. The summed E-state index contributed by atoms with van der Waals surface area (Å²) in [7, 11) is 1.73. The monoisotopic (exact) mass is 206 g/mol. The molecule has 1 unspecified atom stereocenters. The van der Waals surface area contributed by atoms with Crippen molar-refractivity contribution in [2.24, 2.45) is 0 Å².